The van der Waals surface area contributed by atoms with Crippen molar-refractivity contribution < 1.29 is 4.79 Å². The summed E-state index contributed by atoms with van der Waals surface area (Å²) in [6, 6.07) is 2.03. The van der Waals surface area contributed by atoms with Gasteiger partial charge in [-0.3, -0.25) is 9.36 Å². The number of carbonyl (C=O) groups excluding carboxylic acids is 1. The van der Waals surface area contributed by atoms with Crippen molar-refractivity contribution in [3.63, 3.8) is 0 Å². The van der Waals surface area contributed by atoms with Gasteiger partial charge in [0, 0.05) is 25.2 Å². The first-order chi connectivity index (χ1) is 9.15. The minimum absolute atomic E-state index is 0.162. The van der Waals surface area contributed by atoms with E-state index in [0.29, 0.717) is 17.9 Å². The number of amides is 1. The molecule has 2 aromatic heterocycles. The Morgan fingerprint density at radius 3 is 3.16 bits per heavy atom. The molecule has 0 unspecified atom stereocenters. The number of hydrogen-bond acceptors (Lipinski definition) is 3. The van der Waals surface area contributed by atoms with Crippen molar-refractivity contribution in [3.05, 3.63) is 22.6 Å². The third kappa shape index (κ3) is 2.53. The number of nitrogens with one attached hydrogen (secondary N) is 2. The van der Waals surface area contributed by atoms with Gasteiger partial charge < -0.3 is 10.3 Å². The fraction of sp³-hybridized carbons (Fsp3) is 0.462. The molecule has 1 aliphatic carbocycles. The molecule has 0 aliphatic heterocycles. The summed E-state index contributed by atoms with van der Waals surface area (Å²) in [7, 11) is 0. The number of aromatic nitrogens is 3. The molecule has 1 fully saturated rings. The molecule has 5 nitrogen and oxygen atoms in total. The minimum atomic E-state index is 0.162. The van der Waals surface area contributed by atoms with Gasteiger partial charge in [-0.1, -0.05) is 0 Å². The summed E-state index contributed by atoms with van der Waals surface area (Å²) in [4.78, 5) is 19.1. The number of pyridine rings is 1. The van der Waals surface area contributed by atoms with Crippen molar-refractivity contribution in [1.82, 2.24) is 19.9 Å². The highest BCUT2D eigenvalue weighted by molar-refractivity contribution is 7.71. The highest BCUT2D eigenvalue weighted by atomic mass is 32.1. The van der Waals surface area contributed by atoms with Crippen molar-refractivity contribution >= 4 is 29.3 Å². The fourth-order valence-electron chi connectivity index (χ4n) is 2.14. The standard InChI is InChI=1S/C13H16N4OS/c1-8-6-10-11(15-7-8)17(13(19)16-10)5-4-14-12(18)9-2-3-9/h6-7,9H,2-5H2,1H3,(H,14,18)(H,16,19). The monoisotopic (exact) mass is 276 g/mol. The molecule has 1 aliphatic rings. The molecule has 6 heteroatoms. The summed E-state index contributed by atoms with van der Waals surface area (Å²) in [6.07, 6.45) is 3.88. The molecule has 3 rings (SSSR count). The van der Waals surface area contributed by atoms with E-state index < -0.39 is 0 Å². The molecule has 0 atom stereocenters. The zero-order valence-corrected chi connectivity index (χ0v) is 11.6. The number of rotatable bonds is 4. The van der Waals surface area contributed by atoms with Crippen molar-refractivity contribution in [3.8, 4) is 0 Å². The summed E-state index contributed by atoms with van der Waals surface area (Å²) in [5.74, 6) is 0.409. The molecule has 0 radical (unpaired) electrons. The van der Waals surface area contributed by atoms with Gasteiger partial charge >= 0.3 is 0 Å². The molecule has 1 saturated carbocycles. The van der Waals surface area contributed by atoms with E-state index in [9.17, 15) is 4.79 Å². The van der Waals surface area contributed by atoms with Gasteiger partial charge in [0.05, 0.1) is 5.52 Å². The van der Waals surface area contributed by atoms with Crippen molar-refractivity contribution in [2.45, 2.75) is 26.3 Å². The average Bonchev–Trinajstić information content (AvgIpc) is 3.16. The van der Waals surface area contributed by atoms with Crippen LogP contribution in [0.2, 0.25) is 0 Å². The zero-order chi connectivity index (χ0) is 13.4. The molecule has 2 N–H and O–H groups in total. The summed E-state index contributed by atoms with van der Waals surface area (Å²) in [5.41, 5.74) is 2.88. The van der Waals surface area contributed by atoms with E-state index in [1.165, 1.54) is 0 Å². The number of hydrogen-bond donors (Lipinski definition) is 2. The number of H-pyrrole nitrogens is 1. The third-order valence-corrected chi connectivity index (χ3v) is 3.65. The van der Waals surface area contributed by atoms with Gasteiger partial charge in [-0.05, 0) is 43.6 Å². The van der Waals surface area contributed by atoms with Crippen LogP contribution in [-0.4, -0.2) is 27.0 Å². The first kappa shape index (κ1) is 12.3. The Morgan fingerprint density at radius 1 is 1.63 bits per heavy atom. The topological polar surface area (TPSA) is 62.7 Å². The number of aryl methyl sites for hydroxylation is 1. The molecule has 0 aromatic carbocycles. The zero-order valence-electron chi connectivity index (χ0n) is 10.8. The maximum absolute atomic E-state index is 11.6. The molecule has 0 spiro atoms. The first-order valence-corrected chi connectivity index (χ1v) is 6.89. The molecule has 0 saturated heterocycles. The van der Waals surface area contributed by atoms with Gasteiger partial charge in [0.1, 0.15) is 0 Å². The summed E-state index contributed by atoms with van der Waals surface area (Å²) in [5, 5.41) is 2.94. The van der Waals surface area contributed by atoms with Crippen molar-refractivity contribution in [2.75, 3.05) is 6.54 Å². The molecule has 19 heavy (non-hydrogen) atoms. The van der Waals surface area contributed by atoms with E-state index >= 15 is 0 Å². The maximum Gasteiger partial charge on any atom is 0.223 e. The van der Waals surface area contributed by atoms with E-state index in [0.717, 1.165) is 29.6 Å². The largest absolute Gasteiger partial charge is 0.354 e. The summed E-state index contributed by atoms with van der Waals surface area (Å²) < 4.78 is 2.57. The number of fused-ring (bicyclic) bond motifs is 1. The van der Waals surface area contributed by atoms with Crippen LogP contribution in [0.25, 0.3) is 11.2 Å². The van der Waals surface area contributed by atoms with E-state index in [1.807, 2.05) is 23.8 Å². The second kappa shape index (κ2) is 4.77. The Hall–Kier alpha value is -1.69. The van der Waals surface area contributed by atoms with Crippen LogP contribution in [0.4, 0.5) is 0 Å². The first-order valence-electron chi connectivity index (χ1n) is 6.48. The van der Waals surface area contributed by atoms with Gasteiger partial charge in [-0.25, -0.2) is 4.98 Å². The fourth-order valence-corrected chi connectivity index (χ4v) is 2.42. The van der Waals surface area contributed by atoms with Crippen LogP contribution in [0.1, 0.15) is 18.4 Å². The van der Waals surface area contributed by atoms with Gasteiger partial charge in [0.2, 0.25) is 5.91 Å². The van der Waals surface area contributed by atoms with Gasteiger partial charge in [-0.15, -0.1) is 0 Å². The number of nitrogens with zero attached hydrogens (tertiary/aromatic N) is 2. The Morgan fingerprint density at radius 2 is 2.42 bits per heavy atom. The van der Waals surface area contributed by atoms with Crippen LogP contribution in [0.15, 0.2) is 12.3 Å². The second-order valence-corrected chi connectivity index (χ2v) is 5.42. The lowest BCUT2D eigenvalue weighted by molar-refractivity contribution is -0.122. The summed E-state index contributed by atoms with van der Waals surface area (Å²) in [6.45, 7) is 3.23. The smallest absolute Gasteiger partial charge is 0.223 e. The normalized spacial score (nSPS) is 14.8. The third-order valence-electron chi connectivity index (χ3n) is 3.33. The number of carbonyl (C=O) groups is 1. The van der Waals surface area contributed by atoms with Crippen LogP contribution in [-0.2, 0) is 11.3 Å². The molecule has 100 valence electrons. The van der Waals surface area contributed by atoms with Crippen LogP contribution >= 0.6 is 12.2 Å². The van der Waals surface area contributed by atoms with E-state index in [4.69, 9.17) is 12.2 Å². The van der Waals surface area contributed by atoms with Crippen LogP contribution in [0.3, 0.4) is 0 Å². The highest BCUT2D eigenvalue weighted by Crippen LogP contribution is 2.28. The lowest BCUT2D eigenvalue weighted by atomic mass is 10.3. The predicted octanol–water partition coefficient (Wildman–Crippen LogP) is 1.93. The van der Waals surface area contributed by atoms with E-state index in [2.05, 4.69) is 15.3 Å². The Labute approximate surface area is 116 Å². The van der Waals surface area contributed by atoms with E-state index in [-0.39, 0.29) is 11.8 Å². The Kier molecular flexibility index (Phi) is 3.10. The van der Waals surface area contributed by atoms with Gasteiger partial charge in [0.15, 0.2) is 10.4 Å². The average molecular weight is 276 g/mol. The van der Waals surface area contributed by atoms with Gasteiger partial charge in [0.25, 0.3) is 0 Å². The molecule has 1 amide bonds. The molecular formula is C13H16N4OS. The molecule has 2 aromatic rings. The molecule has 2 heterocycles. The predicted molar refractivity (Wildman–Crippen MR) is 75.4 cm³/mol. The quantitative estimate of drug-likeness (QED) is 0.839. The SMILES string of the molecule is Cc1cnc2c(c1)[nH]c(=S)n2CCNC(=O)C1CC1. The van der Waals surface area contributed by atoms with Crippen molar-refractivity contribution in [1.29, 1.82) is 0 Å². The van der Waals surface area contributed by atoms with Gasteiger partial charge in [-0.2, -0.15) is 0 Å². The van der Waals surface area contributed by atoms with Crippen molar-refractivity contribution in [2.24, 2.45) is 5.92 Å². The molecule has 0 bridgehead atoms. The number of imidazole rings is 1. The van der Waals surface area contributed by atoms with Crippen LogP contribution in [0.5, 0.6) is 0 Å². The van der Waals surface area contributed by atoms with E-state index in [1.54, 1.807) is 0 Å². The second-order valence-electron chi connectivity index (χ2n) is 5.03. The van der Waals surface area contributed by atoms with Crippen LogP contribution < -0.4 is 5.32 Å². The highest BCUT2D eigenvalue weighted by Gasteiger charge is 2.29. The Balaban J connectivity index is 1.74. The maximum atomic E-state index is 11.6. The minimum Gasteiger partial charge on any atom is -0.354 e. The van der Waals surface area contributed by atoms with Crippen LogP contribution in [0, 0.1) is 17.6 Å². The Bertz CT molecular complexity index is 683. The summed E-state index contributed by atoms with van der Waals surface area (Å²) >= 11 is 5.29. The number of aromatic amines is 1. The lowest BCUT2D eigenvalue weighted by Crippen LogP contribution is -2.28. The molecular weight excluding hydrogens is 260 g/mol. The lowest BCUT2D eigenvalue weighted by Gasteiger charge is -2.06.